The Balaban J connectivity index is 1.31. The zero-order valence-corrected chi connectivity index (χ0v) is 20.4. The topological polar surface area (TPSA) is 59.1 Å². The van der Waals surface area contributed by atoms with Crippen LogP contribution in [0.4, 0.5) is 11.4 Å². The first-order valence-electron chi connectivity index (χ1n) is 12.3. The van der Waals surface area contributed by atoms with Crippen molar-refractivity contribution in [1.82, 2.24) is 0 Å². The van der Waals surface area contributed by atoms with Crippen molar-refractivity contribution in [3.63, 3.8) is 0 Å². The Labute approximate surface area is 215 Å². The highest BCUT2D eigenvalue weighted by Gasteiger charge is 2.60. The van der Waals surface area contributed by atoms with Crippen molar-refractivity contribution in [3.8, 4) is 5.75 Å². The summed E-state index contributed by atoms with van der Waals surface area (Å²) >= 11 is 0. The Morgan fingerprint density at radius 2 is 1.38 bits per heavy atom. The summed E-state index contributed by atoms with van der Waals surface area (Å²) in [4.78, 5) is 34.7. The van der Waals surface area contributed by atoms with E-state index in [9.17, 15) is 9.59 Å². The van der Waals surface area contributed by atoms with Gasteiger partial charge in [-0.1, -0.05) is 78.4 Å². The zero-order valence-electron chi connectivity index (χ0n) is 20.4. The molecule has 0 aliphatic carbocycles. The molecule has 2 saturated heterocycles. The smallest absolute Gasteiger partial charge is 0.266 e. The van der Waals surface area contributed by atoms with Crippen LogP contribution in [0.15, 0.2) is 109 Å². The van der Waals surface area contributed by atoms with E-state index < -0.39 is 18.1 Å². The molecule has 4 aromatic rings. The number of carbonyl (C=O) groups excluding carboxylic acids is 2. The van der Waals surface area contributed by atoms with Crippen molar-refractivity contribution in [2.24, 2.45) is 5.92 Å². The largest absolute Gasteiger partial charge is 0.489 e. The molecule has 0 radical (unpaired) electrons. The summed E-state index contributed by atoms with van der Waals surface area (Å²) in [6.07, 6.45) is -0.895. The van der Waals surface area contributed by atoms with Crippen LogP contribution >= 0.6 is 0 Å². The van der Waals surface area contributed by atoms with E-state index in [4.69, 9.17) is 9.57 Å². The average molecular weight is 491 g/mol. The number of rotatable bonds is 6. The molecule has 2 aliphatic heterocycles. The van der Waals surface area contributed by atoms with Gasteiger partial charge in [-0.25, -0.2) is 9.96 Å². The van der Waals surface area contributed by atoms with Gasteiger partial charge in [0.25, 0.3) is 5.91 Å². The molecule has 6 rings (SSSR count). The second kappa shape index (κ2) is 9.56. The highest BCUT2D eigenvalue weighted by atomic mass is 16.7. The Bertz CT molecular complexity index is 1410. The van der Waals surface area contributed by atoms with E-state index in [2.05, 4.69) is 0 Å². The Morgan fingerprint density at radius 3 is 2.05 bits per heavy atom. The van der Waals surface area contributed by atoms with Gasteiger partial charge in [0.2, 0.25) is 5.91 Å². The fourth-order valence-electron chi connectivity index (χ4n) is 5.00. The molecule has 3 atom stereocenters. The molecule has 2 heterocycles. The third kappa shape index (κ3) is 4.26. The fraction of sp³-hybridized carbons (Fsp3) is 0.161. The number of imide groups is 1. The van der Waals surface area contributed by atoms with E-state index in [1.165, 1.54) is 4.90 Å². The van der Waals surface area contributed by atoms with E-state index in [1.54, 1.807) is 17.2 Å². The summed E-state index contributed by atoms with van der Waals surface area (Å²) in [5.41, 5.74) is 4.36. The zero-order chi connectivity index (χ0) is 25.4. The minimum Gasteiger partial charge on any atom is -0.489 e. The maximum atomic E-state index is 13.7. The van der Waals surface area contributed by atoms with Crippen LogP contribution < -0.4 is 14.7 Å². The number of amides is 2. The molecular weight excluding hydrogens is 464 g/mol. The number of hydroxylamine groups is 1. The summed E-state index contributed by atoms with van der Waals surface area (Å²) in [6, 6.07) is 34.1. The lowest BCUT2D eigenvalue weighted by Crippen LogP contribution is -2.37. The van der Waals surface area contributed by atoms with Crippen LogP contribution in [0.25, 0.3) is 0 Å². The number of carbonyl (C=O) groups is 2. The van der Waals surface area contributed by atoms with Gasteiger partial charge >= 0.3 is 0 Å². The fourth-order valence-corrected chi connectivity index (χ4v) is 5.00. The number of hydrogen-bond donors (Lipinski definition) is 0. The SMILES string of the molecule is Cc1ccc(N2C(=O)[C@H]3[C@H](ON(c4ccccc4)[C@H]3c3ccc(OCc4ccccc4)cc3)C2=O)cc1. The molecule has 0 unspecified atom stereocenters. The molecule has 0 spiro atoms. The van der Waals surface area contributed by atoms with Crippen molar-refractivity contribution < 1.29 is 19.2 Å². The lowest BCUT2D eigenvalue weighted by atomic mass is 9.90. The highest BCUT2D eigenvalue weighted by molar-refractivity contribution is 6.23. The van der Waals surface area contributed by atoms with Gasteiger partial charge in [0.15, 0.2) is 6.10 Å². The second-order valence-corrected chi connectivity index (χ2v) is 9.35. The summed E-state index contributed by atoms with van der Waals surface area (Å²) in [7, 11) is 0. The molecule has 6 nitrogen and oxygen atoms in total. The van der Waals surface area contributed by atoms with Gasteiger partial charge in [-0.2, -0.15) is 0 Å². The molecule has 0 aromatic heterocycles. The van der Waals surface area contributed by atoms with Crippen molar-refractivity contribution >= 4 is 23.2 Å². The predicted octanol–water partition coefficient (Wildman–Crippen LogP) is 5.63. The molecule has 6 heteroatoms. The maximum Gasteiger partial charge on any atom is 0.266 e. The molecule has 2 amide bonds. The second-order valence-electron chi connectivity index (χ2n) is 9.35. The van der Waals surface area contributed by atoms with E-state index in [1.807, 2.05) is 104 Å². The van der Waals surface area contributed by atoms with E-state index >= 15 is 0 Å². The maximum absolute atomic E-state index is 13.7. The van der Waals surface area contributed by atoms with Gasteiger partial charge < -0.3 is 4.74 Å². The van der Waals surface area contributed by atoms with E-state index in [0.29, 0.717) is 12.3 Å². The van der Waals surface area contributed by atoms with Crippen LogP contribution in [0.5, 0.6) is 5.75 Å². The minimum atomic E-state index is -0.895. The van der Waals surface area contributed by atoms with Crippen LogP contribution in [-0.4, -0.2) is 17.9 Å². The number of hydrogen-bond acceptors (Lipinski definition) is 5. The molecule has 2 aliphatic rings. The van der Waals surface area contributed by atoms with Crippen molar-refractivity contribution in [2.45, 2.75) is 25.7 Å². The number of nitrogens with zero attached hydrogens (tertiary/aromatic N) is 2. The third-order valence-electron chi connectivity index (χ3n) is 6.89. The first-order valence-corrected chi connectivity index (χ1v) is 12.3. The first kappa shape index (κ1) is 23.0. The van der Waals surface area contributed by atoms with Gasteiger partial charge in [0.05, 0.1) is 17.4 Å². The average Bonchev–Trinajstić information content (AvgIpc) is 3.45. The first-order chi connectivity index (χ1) is 18.1. The van der Waals surface area contributed by atoms with Gasteiger partial charge in [0, 0.05) is 0 Å². The predicted molar refractivity (Wildman–Crippen MR) is 141 cm³/mol. The van der Waals surface area contributed by atoms with Crippen molar-refractivity contribution in [2.75, 3.05) is 9.96 Å². The standard InChI is InChI=1S/C31H26N2O4/c1-21-12-16-24(17-13-21)32-30(34)27-28(33(37-29(27)31(32)35)25-10-6-3-7-11-25)23-14-18-26(19-15-23)36-20-22-8-4-2-5-9-22/h2-19,27-29H,20H2,1H3/t27-,28+,29+/m1/s1. The molecule has 0 bridgehead atoms. The molecule has 184 valence electrons. The number of anilines is 2. The van der Waals surface area contributed by atoms with E-state index in [-0.39, 0.29) is 11.8 Å². The van der Waals surface area contributed by atoms with Crippen molar-refractivity contribution in [3.05, 3.63) is 126 Å². The molecule has 0 N–H and O–H groups in total. The number of ether oxygens (including phenoxy) is 1. The summed E-state index contributed by atoms with van der Waals surface area (Å²) in [5, 5.41) is 1.71. The summed E-state index contributed by atoms with van der Waals surface area (Å²) < 4.78 is 5.96. The monoisotopic (exact) mass is 490 g/mol. The highest BCUT2D eigenvalue weighted by Crippen LogP contribution is 2.47. The van der Waals surface area contributed by atoms with E-state index in [0.717, 1.165) is 28.1 Å². The third-order valence-corrected chi connectivity index (χ3v) is 6.89. The lowest BCUT2D eigenvalue weighted by molar-refractivity contribution is -0.126. The van der Waals surface area contributed by atoms with Crippen molar-refractivity contribution in [1.29, 1.82) is 0 Å². The van der Waals surface area contributed by atoms with Crippen LogP contribution in [0.1, 0.15) is 22.7 Å². The molecule has 4 aromatic carbocycles. The normalized spacial score (nSPS) is 20.8. The Morgan fingerprint density at radius 1 is 0.730 bits per heavy atom. The van der Waals surface area contributed by atoms with Crippen LogP contribution in [0.3, 0.4) is 0 Å². The van der Waals surface area contributed by atoms with Gasteiger partial charge in [-0.3, -0.25) is 14.4 Å². The molecule has 37 heavy (non-hydrogen) atoms. The number of benzene rings is 4. The number of fused-ring (bicyclic) bond motifs is 1. The van der Waals surface area contributed by atoms with Crippen LogP contribution in [-0.2, 0) is 21.0 Å². The van der Waals surface area contributed by atoms with Crippen LogP contribution in [0, 0.1) is 12.8 Å². The number of para-hydroxylation sites is 1. The minimum absolute atomic E-state index is 0.258. The molecular formula is C31H26N2O4. The quantitative estimate of drug-likeness (QED) is 0.328. The Hall–Kier alpha value is -4.42. The van der Waals surface area contributed by atoms with Gasteiger partial charge in [0.1, 0.15) is 18.3 Å². The molecule has 0 saturated carbocycles. The van der Waals surface area contributed by atoms with Gasteiger partial charge in [-0.05, 0) is 54.4 Å². The molecule has 2 fully saturated rings. The number of aryl methyl sites for hydroxylation is 1. The van der Waals surface area contributed by atoms with Gasteiger partial charge in [-0.15, -0.1) is 0 Å². The summed E-state index contributed by atoms with van der Waals surface area (Å²) in [6.45, 7) is 2.43. The summed E-state index contributed by atoms with van der Waals surface area (Å²) in [5.74, 6) is -0.550. The van der Waals surface area contributed by atoms with Crippen LogP contribution in [0.2, 0.25) is 0 Å². The Kier molecular flexibility index (Phi) is 5.94. The lowest BCUT2D eigenvalue weighted by Gasteiger charge is -2.29.